The van der Waals surface area contributed by atoms with Crippen molar-refractivity contribution in [3.05, 3.63) is 24.1 Å². The first-order chi connectivity index (χ1) is 9.58. The summed E-state index contributed by atoms with van der Waals surface area (Å²) in [7, 11) is 3.73. The van der Waals surface area contributed by atoms with Crippen LogP contribution in [0.4, 0.5) is 4.39 Å². The van der Waals surface area contributed by atoms with E-state index in [0.29, 0.717) is 5.84 Å². The minimum Gasteiger partial charge on any atom is -0.377 e. The molecule has 0 spiro atoms. The number of halogens is 1. The number of hydrogen-bond acceptors (Lipinski definition) is 4. The molecular weight excluding hydrogens is 257 g/mol. The Morgan fingerprint density at radius 2 is 2.45 bits per heavy atom. The van der Waals surface area contributed by atoms with E-state index in [1.165, 1.54) is 6.08 Å². The normalized spacial score (nSPS) is 22.7. The molecule has 1 heterocycles. The molecule has 112 valence electrons. The Hall–Kier alpha value is -1.53. The van der Waals surface area contributed by atoms with Crippen LogP contribution in [0.5, 0.6) is 0 Å². The van der Waals surface area contributed by atoms with Gasteiger partial charge in [-0.25, -0.2) is 9.40 Å². The largest absolute Gasteiger partial charge is 0.377 e. The van der Waals surface area contributed by atoms with Gasteiger partial charge in [0.2, 0.25) is 0 Å². The predicted octanol–water partition coefficient (Wildman–Crippen LogP) is 1.31. The van der Waals surface area contributed by atoms with Crippen LogP contribution < -0.4 is 10.7 Å². The highest BCUT2D eigenvalue weighted by Crippen LogP contribution is 2.11. The molecule has 0 aliphatic carbocycles. The zero-order valence-corrected chi connectivity index (χ0v) is 12.4. The zero-order valence-electron chi connectivity index (χ0n) is 12.4. The first-order valence-corrected chi connectivity index (χ1v) is 6.73. The zero-order chi connectivity index (χ0) is 15.0. The van der Waals surface area contributed by atoms with E-state index < -0.39 is 0 Å². The summed E-state index contributed by atoms with van der Waals surface area (Å²) in [5.41, 5.74) is 3.22. The molecule has 1 aliphatic heterocycles. The molecule has 0 fully saturated rings. The van der Waals surface area contributed by atoms with Crippen molar-refractivity contribution >= 4 is 12.6 Å². The molecule has 2 N–H and O–H groups in total. The molecule has 5 nitrogen and oxygen atoms in total. The van der Waals surface area contributed by atoms with Gasteiger partial charge in [0.05, 0.1) is 25.0 Å². The molecule has 0 bridgehead atoms. The van der Waals surface area contributed by atoms with E-state index in [0.717, 1.165) is 6.54 Å². The Bertz CT molecular complexity index is 402. The van der Waals surface area contributed by atoms with Crippen LogP contribution in [0.1, 0.15) is 13.3 Å². The van der Waals surface area contributed by atoms with Gasteiger partial charge < -0.3 is 5.32 Å². The second-order valence-electron chi connectivity index (χ2n) is 4.69. The third kappa shape index (κ3) is 5.22. The van der Waals surface area contributed by atoms with E-state index in [4.69, 9.17) is 0 Å². The van der Waals surface area contributed by atoms with Gasteiger partial charge in [-0.1, -0.05) is 12.2 Å². The number of amidine groups is 1. The molecule has 0 aromatic carbocycles. The summed E-state index contributed by atoms with van der Waals surface area (Å²) >= 11 is 0. The van der Waals surface area contributed by atoms with Crippen LogP contribution in [-0.4, -0.2) is 56.8 Å². The van der Waals surface area contributed by atoms with E-state index in [-0.39, 0.29) is 30.9 Å². The Kier molecular flexibility index (Phi) is 7.11. The van der Waals surface area contributed by atoms with Crippen molar-refractivity contribution in [2.45, 2.75) is 25.4 Å². The number of likely N-dealkylation sites (N-methyl/N-ethyl adjacent to an activating group) is 1. The SMILES string of the molecule is C=NCC=C(F)C/C(=N\C(C)C1C=CCNN1C)NC. The van der Waals surface area contributed by atoms with Gasteiger partial charge in [-0.2, -0.15) is 0 Å². The van der Waals surface area contributed by atoms with Crippen molar-refractivity contribution in [3.8, 4) is 0 Å². The Balaban J connectivity index is 2.69. The third-order valence-electron chi connectivity index (χ3n) is 3.16. The monoisotopic (exact) mass is 281 g/mol. The van der Waals surface area contributed by atoms with Gasteiger partial charge in [0, 0.05) is 20.6 Å². The van der Waals surface area contributed by atoms with Crippen LogP contribution >= 0.6 is 0 Å². The Morgan fingerprint density at radius 3 is 3.05 bits per heavy atom. The van der Waals surface area contributed by atoms with Crippen LogP contribution in [0.15, 0.2) is 34.0 Å². The van der Waals surface area contributed by atoms with Crippen molar-refractivity contribution in [2.24, 2.45) is 9.98 Å². The summed E-state index contributed by atoms with van der Waals surface area (Å²) in [6.07, 6.45) is 5.76. The number of hydrogen-bond donors (Lipinski definition) is 2. The summed E-state index contributed by atoms with van der Waals surface area (Å²) in [4.78, 5) is 8.17. The van der Waals surface area contributed by atoms with Gasteiger partial charge >= 0.3 is 0 Å². The minimum absolute atomic E-state index is 0.0248. The van der Waals surface area contributed by atoms with Gasteiger partial charge in [0.25, 0.3) is 0 Å². The standard InChI is InChI=1S/C14H24FN5/c1-11(13-6-5-8-18-20(13)4)19-14(17-3)10-12(15)7-9-16-2/h5-7,11,13,18H,2,8-10H2,1,3-4H3,(H,17,19). The molecule has 20 heavy (non-hydrogen) atoms. The molecule has 0 amide bonds. The fourth-order valence-corrected chi connectivity index (χ4v) is 2.04. The molecule has 0 saturated carbocycles. The summed E-state index contributed by atoms with van der Waals surface area (Å²) < 4.78 is 13.6. The van der Waals surface area contributed by atoms with Gasteiger partial charge in [0.1, 0.15) is 11.7 Å². The molecular formula is C14H24FN5. The first-order valence-electron chi connectivity index (χ1n) is 6.73. The summed E-state index contributed by atoms with van der Waals surface area (Å²) in [6, 6.07) is 0.186. The quantitative estimate of drug-likeness (QED) is 0.438. The first kappa shape index (κ1) is 16.5. The summed E-state index contributed by atoms with van der Waals surface area (Å²) in [6.45, 7) is 6.45. The second-order valence-corrected chi connectivity index (χ2v) is 4.69. The van der Waals surface area contributed by atoms with Crippen molar-refractivity contribution in [3.63, 3.8) is 0 Å². The Morgan fingerprint density at radius 1 is 1.70 bits per heavy atom. The maximum atomic E-state index is 13.6. The predicted molar refractivity (Wildman–Crippen MR) is 82.9 cm³/mol. The molecule has 6 heteroatoms. The van der Waals surface area contributed by atoms with Crippen molar-refractivity contribution in [1.82, 2.24) is 15.8 Å². The lowest BCUT2D eigenvalue weighted by atomic mass is 10.1. The number of hydrazine groups is 1. The number of rotatable bonds is 6. The molecule has 1 aliphatic rings. The van der Waals surface area contributed by atoms with Crippen molar-refractivity contribution < 1.29 is 4.39 Å². The van der Waals surface area contributed by atoms with Gasteiger partial charge in [-0.05, 0) is 19.7 Å². The number of nitrogens with one attached hydrogen (secondary N) is 2. The average Bonchev–Trinajstić information content (AvgIpc) is 2.44. The lowest BCUT2D eigenvalue weighted by Gasteiger charge is -2.32. The molecule has 2 unspecified atom stereocenters. The van der Waals surface area contributed by atoms with Gasteiger partial charge in [0.15, 0.2) is 0 Å². The van der Waals surface area contributed by atoms with E-state index in [9.17, 15) is 4.39 Å². The molecule has 0 aromatic rings. The van der Waals surface area contributed by atoms with Crippen LogP contribution in [0, 0.1) is 0 Å². The summed E-state index contributed by atoms with van der Waals surface area (Å²) in [5.74, 6) is 0.381. The van der Waals surface area contributed by atoms with Gasteiger partial charge in [-0.3, -0.25) is 15.4 Å². The smallest absolute Gasteiger partial charge is 0.105 e. The molecule has 2 atom stereocenters. The lowest BCUT2D eigenvalue weighted by Crippen LogP contribution is -2.49. The maximum Gasteiger partial charge on any atom is 0.105 e. The van der Waals surface area contributed by atoms with E-state index in [1.54, 1.807) is 7.05 Å². The van der Waals surface area contributed by atoms with Gasteiger partial charge in [-0.15, -0.1) is 0 Å². The van der Waals surface area contributed by atoms with Crippen LogP contribution in [0.2, 0.25) is 0 Å². The number of nitrogens with zero attached hydrogens (tertiary/aromatic N) is 3. The highest BCUT2D eigenvalue weighted by Gasteiger charge is 2.21. The molecule has 0 saturated heterocycles. The van der Waals surface area contributed by atoms with Crippen LogP contribution in [0.25, 0.3) is 0 Å². The van der Waals surface area contributed by atoms with E-state index in [1.807, 2.05) is 19.0 Å². The second kappa shape index (κ2) is 8.60. The maximum absolute atomic E-state index is 13.6. The van der Waals surface area contributed by atoms with Crippen molar-refractivity contribution in [2.75, 3.05) is 27.2 Å². The number of aliphatic imine (C=N–C) groups is 2. The fourth-order valence-electron chi connectivity index (χ4n) is 2.04. The third-order valence-corrected chi connectivity index (χ3v) is 3.16. The van der Waals surface area contributed by atoms with Crippen LogP contribution in [0.3, 0.4) is 0 Å². The summed E-state index contributed by atoms with van der Waals surface area (Å²) in [5, 5.41) is 4.98. The minimum atomic E-state index is -0.247. The molecule has 0 aromatic heterocycles. The molecule has 1 rings (SSSR count). The highest BCUT2D eigenvalue weighted by molar-refractivity contribution is 5.84. The Labute approximate surface area is 120 Å². The molecule has 0 radical (unpaired) electrons. The lowest BCUT2D eigenvalue weighted by molar-refractivity contribution is 0.176. The highest BCUT2D eigenvalue weighted by atomic mass is 19.1. The van der Waals surface area contributed by atoms with E-state index in [2.05, 4.69) is 39.6 Å². The fraction of sp³-hybridized carbons (Fsp3) is 0.571. The average molecular weight is 281 g/mol. The van der Waals surface area contributed by atoms with Crippen molar-refractivity contribution in [1.29, 1.82) is 0 Å². The van der Waals surface area contributed by atoms with E-state index >= 15 is 0 Å². The van der Waals surface area contributed by atoms with Crippen LogP contribution in [-0.2, 0) is 0 Å². The topological polar surface area (TPSA) is 52.0 Å².